The standard InChI is InChI=1S/C41H48N4O5S/c1-27(2)38(46)42-24-11-25-43-39(47)30-16-14-28(15-17-30)29(18-22-36-40(3,4)32-12-9-10-13-34(32)44(36)7)19-23-37-41(5,6)33-26-31(51(48,49)50)20-21-35(33)45(37)8/h9-10,12-23,26,36H,1,11,24-25H2,2-8H3,(H,42,46)(H,43,47)(H,48,49,50)/b22-18+,29-19-,37-23+. The molecule has 5 rings (SSSR count). The van der Waals surface area contributed by atoms with Gasteiger partial charge in [0.1, 0.15) is 0 Å². The van der Waals surface area contributed by atoms with E-state index in [1.807, 2.05) is 50.1 Å². The predicted octanol–water partition coefficient (Wildman–Crippen LogP) is 6.79. The Morgan fingerprint density at radius 1 is 0.902 bits per heavy atom. The zero-order valence-electron chi connectivity index (χ0n) is 30.4. The number of likely N-dealkylation sites (N-methyl/N-ethyl adjacent to an activating group) is 2. The summed E-state index contributed by atoms with van der Waals surface area (Å²) in [6, 6.07) is 20.7. The highest BCUT2D eigenvalue weighted by atomic mass is 32.2. The summed E-state index contributed by atoms with van der Waals surface area (Å²) < 4.78 is 33.6. The Hall–Kier alpha value is -4.93. The van der Waals surface area contributed by atoms with Crippen molar-refractivity contribution in [3.8, 4) is 0 Å². The normalized spacial score (nSPS) is 18.5. The van der Waals surface area contributed by atoms with Crippen molar-refractivity contribution in [1.82, 2.24) is 10.6 Å². The number of para-hydroxylation sites is 1. The van der Waals surface area contributed by atoms with Gasteiger partial charge in [-0.05, 0) is 78.1 Å². The number of anilines is 2. The third-order valence-electron chi connectivity index (χ3n) is 10.1. The Bertz CT molecular complexity index is 2060. The van der Waals surface area contributed by atoms with Crippen LogP contribution in [0.4, 0.5) is 11.4 Å². The summed E-state index contributed by atoms with van der Waals surface area (Å²) in [5.41, 5.74) is 7.25. The molecule has 0 aliphatic carbocycles. The van der Waals surface area contributed by atoms with E-state index in [-0.39, 0.29) is 28.2 Å². The van der Waals surface area contributed by atoms with Gasteiger partial charge in [-0.2, -0.15) is 8.42 Å². The first-order valence-electron chi connectivity index (χ1n) is 17.1. The average molecular weight is 709 g/mol. The summed E-state index contributed by atoms with van der Waals surface area (Å²) in [6.07, 6.45) is 9.07. The van der Waals surface area contributed by atoms with Gasteiger partial charge in [-0.25, -0.2) is 0 Å². The number of rotatable bonds is 11. The fourth-order valence-electron chi connectivity index (χ4n) is 7.14. The molecule has 0 aromatic heterocycles. The number of amides is 2. The van der Waals surface area contributed by atoms with Crippen LogP contribution in [0.15, 0.2) is 114 Å². The van der Waals surface area contributed by atoms with Crippen molar-refractivity contribution < 1.29 is 22.6 Å². The molecule has 1 unspecified atom stereocenters. The van der Waals surface area contributed by atoms with Gasteiger partial charge in [-0.1, -0.05) is 82.8 Å². The maximum Gasteiger partial charge on any atom is 0.294 e. The Morgan fingerprint density at radius 2 is 1.55 bits per heavy atom. The molecule has 2 heterocycles. The maximum atomic E-state index is 12.9. The van der Waals surface area contributed by atoms with E-state index in [2.05, 4.69) is 91.6 Å². The average Bonchev–Trinajstić information content (AvgIpc) is 3.40. The van der Waals surface area contributed by atoms with Crippen molar-refractivity contribution in [2.24, 2.45) is 0 Å². The van der Waals surface area contributed by atoms with E-state index in [1.54, 1.807) is 19.1 Å². The Balaban J connectivity index is 1.45. The molecule has 0 saturated carbocycles. The Labute approximate surface area is 302 Å². The van der Waals surface area contributed by atoms with Crippen LogP contribution in [-0.2, 0) is 25.7 Å². The van der Waals surface area contributed by atoms with Crippen molar-refractivity contribution in [1.29, 1.82) is 0 Å². The summed E-state index contributed by atoms with van der Waals surface area (Å²) in [5, 5.41) is 5.69. The van der Waals surface area contributed by atoms with Gasteiger partial charge < -0.3 is 20.4 Å². The quantitative estimate of drug-likeness (QED) is 0.0869. The van der Waals surface area contributed by atoms with Gasteiger partial charge in [0.15, 0.2) is 0 Å². The second kappa shape index (κ2) is 14.4. The Morgan fingerprint density at radius 3 is 2.20 bits per heavy atom. The molecule has 1 atom stereocenters. The number of nitrogens with zero attached hydrogens (tertiary/aromatic N) is 2. The number of carbonyl (C=O) groups is 2. The Kier molecular flexibility index (Phi) is 10.5. The molecule has 268 valence electrons. The molecule has 51 heavy (non-hydrogen) atoms. The number of nitrogens with one attached hydrogen (secondary N) is 2. The van der Waals surface area contributed by atoms with Gasteiger partial charge in [-0.15, -0.1) is 0 Å². The topological polar surface area (TPSA) is 119 Å². The van der Waals surface area contributed by atoms with Gasteiger partial charge >= 0.3 is 0 Å². The highest BCUT2D eigenvalue weighted by Crippen LogP contribution is 2.48. The van der Waals surface area contributed by atoms with Crippen LogP contribution in [0.3, 0.4) is 0 Å². The smallest absolute Gasteiger partial charge is 0.294 e. The summed E-state index contributed by atoms with van der Waals surface area (Å²) in [4.78, 5) is 28.8. The molecule has 0 spiro atoms. The van der Waals surface area contributed by atoms with E-state index in [0.29, 0.717) is 30.6 Å². The van der Waals surface area contributed by atoms with E-state index < -0.39 is 15.5 Å². The van der Waals surface area contributed by atoms with Crippen LogP contribution in [-0.4, -0.2) is 58.0 Å². The van der Waals surface area contributed by atoms with E-state index in [9.17, 15) is 22.6 Å². The lowest BCUT2D eigenvalue weighted by Crippen LogP contribution is -2.37. The van der Waals surface area contributed by atoms with Crippen LogP contribution in [0, 0.1) is 0 Å². The molecule has 0 fully saturated rings. The molecule has 3 N–H and O–H groups in total. The highest BCUT2D eigenvalue weighted by Gasteiger charge is 2.41. The van der Waals surface area contributed by atoms with E-state index >= 15 is 0 Å². The van der Waals surface area contributed by atoms with E-state index in [0.717, 1.165) is 28.1 Å². The zero-order chi connectivity index (χ0) is 37.3. The van der Waals surface area contributed by atoms with Crippen LogP contribution >= 0.6 is 0 Å². The lowest BCUT2D eigenvalue weighted by Gasteiger charge is -2.29. The molecule has 3 aromatic rings. The molecule has 0 bridgehead atoms. The first-order chi connectivity index (χ1) is 23.9. The summed E-state index contributed by atoms with van der Waals surface area (Å²) in [6.45, 7) is 14.7. The predicted molar refractivity (Wildman–Crippen MR) is 206 cm³/mol. The molecule has 3 aromatic carbocycles. The second-order valence-corrected chi connectivity index (χ2v) is 15.8. The van der Waals surface area contributed by atoms with Crippen LogP contribution in [0.5, 0.6) is 0 Å². The molecular formula is C41H48N4O5S. The third-order valence-corrected chi connectivity index (χ3v) is 11.0. The molecule has 0 saturated heterocycles. The largest absolute Gasteiger partial charge is 0.367 e. The van der Waals surface area contributed by atoms with Crippen LogP contribution in [0.2, 0.25) is 0 Å². The summed E-state index contributed by atoms with van der Waals surface area (Å²) >= 11 is 0. The van der Waals surface area contributed by atoms with Gasteiger partial charge in [0.05, 0.1) is 10.9 Å². The molecule has 2 aliphatic heterocycles. The maximum absolute atomic E-state index is 12.9. The minimum absolute atomic E-state index is 0.0879. The first-order valence-corrected chi connectivity index (χ1v) is 18.5. The van der Waals surface area contributed by atoms with Crippen LogP contribution in [0.25, 0.3) is 5.57 Å². The number of benzene rings is 3. The number of hydrogen-bond donors (Lipinski definition) is 3. The van der Waals surface area contributed by atoms with Gasteiger partial charge in [-0.3, -0.25) is 14.1 Å². The fraction of sp³-hybridized carbons (Fsp3) is 0.317. The molecule has 9 nitrogen and oxygen atoms in total. The molecule has 2 amide bonds. The van der Waals surface area contributed by atoms with Gasteiger partial charge in [0, 0.05) is 66.2 Å². The number of allylic oxidation sites excluding steroid dienone is 5. The molecular weight excluding hydrogens is 661 g/mol. The number of carbonyl (C=O) groups excluding carboxylic acids is 2. The fourth-order valence-corrected chi connectivity index (χ4v) is 7.64. The molecule has 0 radical (unpaired) electrons. The lowest BCUT2D eigenvalue weighted by atomic mass is 9.80. The lowest BCUT2D eigenvalue weighted by molar-refractivity contribution is -0.117. The number of fused-ring (bicyclic) bond motifs is 2. The SMILES string of the molecule is C=C(C)C(=O)NCCCNC(=O)c1ccc(C(=C\C=C2\N(C)c3ccc(S(=O)(=O)O)cc3C2(C)C)/C=C/C2N(C)c3ccccc3C2(C)C)cc1. The van der Waals surface area contributed by atoms with Gasteiger partial charge in [0.25, 0.3) is 16.0 Å². The summed E-state index contributed by atoms with van der Waals surface area (Å²) in [5.74, 6) is -0.392. The van der Waals surface area contributed by atoms with E-state index in [1.165, 1.54) is 17.3 Å². The third kappa shape index (κ3) is 7.57. The zero-order valence-corrected chi connectivity index (χ0v) is 31.3. The second-order valence-electron chi connectivity index (χ2n) is 14.4. The summed E-state index contributed by atoms with van der Waals surface area (Å²) in [7, 11) is -0.290. The highest BCUT2D eigenvalue weighted by molar-refractivity contribution is 7.85. The van der Waals surface area contributed by atoms with Crippen molar-refractivity contribution in [2.45, 2.75) is 62.8 Å². The molecule has 2 aliphatic rings. The van der Waals surface area contributed by atoms with Crippen molar-refractivity contribution in [3.05, 3.63) is 131 Å². The first kappa shape index (κ1) is 37.3. The minimum Gasteiger partial charge on any atom is -0.367 e. The minimum atomic E-state index is -4.35. The van der Waals surface area contributed by atoms with Crippen molar-refractivity contribution in [2.75, 3.05) is 37.0 Å². The van der Waals surface area contributed by atoms with Crippen LogP contribution in [0.1, 0.15) is 68.1 Å². The monoisotopic (exact) mass is 708 g/mol. The molecule has 10 heteroatoms. The van der Waals surface area contributed by atoms with Gasteiger partial charge in [0.2, 0.25) is 5.91 Å². The van der Waals surface area contributed by atoms with Crippen LogP contribution < -0.4 is 20.4 Å². The van der Waals surface area contributed by atoms with E-state index in [4.69, 9.17) is 0 Å². The number of hydrogen-bond acceptors (Lipinski definition) is 6. The van der Waals surface area contributed by atoms with Crippen molar-refractivity contribution >= 4 is 38.9 Å². The van der Waals surface area contributed by atoms with Crippen molar-refractivity contribution in [3.63, 3.8) is 0 Å².